The Morgan fingerprint density at radius 2 is 1.96 bits per heavy atom. The first-order chi connectivity index (χ1) is 11.9. The standard InChI is InChI=1S/C15H12F6N4O/c1-3-13(7-11(24-25-13)15(19,20)21)12(26)23-8-4-5-10(22-2)9(6-8)14(16,17)18/h4-6,25H,3,7H2,1H3,(H,23,26). The Labute approximate surface area is 143 Å². The van der Waals surface area contributed by atoms with E-state index in [1.165, 1.54) is 6.92 Å². The quantitative estimate of drug-likeness (QED) is 0.610. The van der Waals surface area contributed by atoms with Gasteiger partial charge in [-0.2, -0.15) is 31.4 Å². The van der Waals surface area contributed by atoms with E-state index in [4.69, 9.17) is 6.57 Å². The third-order valence-electron chi connectivity index (χ3n) is 3.92. The van der Waals surface area contributed by atoms with Crippen molar-refractivity contribution < 1.29 is 31.1 Å². The minimum atomic E-state index is -4.82. The van der Waals surface area contributed by atoms with Gasteiger partial charge in [0.1, 0.15) is 11.3 Å². The van der Waals surface area contributed by atoms with E-state index in [1.807, 2.05) is 0 Å². The first kappa shape index (κ1) is 19.6. The van der Waals surface area contributed by atoms with Crippen LogP contribution in [0.5, 0.6) is 0 Å². The van der Waals surface area contributed by atoms with Crippen LogP contribution in [-0.4, -0.2) is 23.3 Å². The molecule has 1 amide bonds. The van der Waals surface area contributed by atoms with Gasteiger partial charge in [0, 0.05) is 12.1 Å². The fourth-order valence-electron chi connectivity index (χ4n) is 2.39. The van der Waals surface area contributed by atoms with E-state index in [1.54, 1.807) is 0 Å². The van der Waals surface area contributed by atoms with Crippen molar-refractivity contribution in [3.05, 3.63) is 35.2 Å². The lowest BCUT2D eigenvalue weighted by atomic mass is 9.90. The second-order valence-electron chi connectivity index (χ2n) is 5.58. The molecule has 1 aromatic rings. The summed E-state index contributed by atoms with van der Waals surface area (Å²) in [6.45, 7) is 8.21. The van der Waals surface area contributed by atoms with Crippen molar-refractivity contribution in [2.24, 2.45) is 5.10 Å². The number of anilines is 1. The maximum Gasteiger partial charge on any atom is 0.431 e. The van der Waals surface area contributed by atoms with Crippen LogP contribution in [0.4, 0.5) is 37.7 Å². The molecule has 1 aromatic carbocycles. The highest BCUT2D eigenvalue weighted by Gasteiger charge is 2.49. The highest BCUT2D eigenvalue weighted by Crippen LogP contribution is 2.38. The van der Waals surface area contributed by atoms with E-state index >= 15 is 0 Å². The van der Waals surface area contributed by atoms with Crippen LogP contribution >= 0.6 is 0 Å². The molecule has 0 spiro atoms. The Hall–Kier alpha value is -2.77. The summed E-state index contributed by atoms with van der Waals surface area (Å²) in [7, 11) is 0. The van der Waals surface area contributed by atoms with Crippen LogP contribution in [0.15, 0.2) is 23.3 Å². The van der Waals surface area contributed by atoms with Crippen LogP contribution in [0.25, 0.3) is 4.85 Å². The molecule has 0 bridgehead atoms. The second-order valence-corrected chi connectivity index (χ2v) is 5.58. The van der Waals surface area contributed by atoms with Gasteiger partial charge in [0.2, 0.25) is 0 Å². The Kier molecular flexibility index (Phi) is 4.90. The lowest BCUT2D eigenvalue weighted by molar-refractivity contribution is -0.136. The van der Waals surface area contributed by atoms with Crippen LogP contribution in [0.2, 0.25) is 0 Å². The first-order valence-corrected chi connectivity index (χ1v) is 7.24. The summed E-state index contributed by atoms with van der Waals surface area (Å²) in [4.78, 5) is 15.2. The number of rotatable bonds is 3. The van der Waals surface area contributed by atoms with Crippen molar-refractivity contribution in [1.82, 2.24) is 5.43 Å². The first-order valence-electron chi connectivity index (χ1n) is 7.24. The summed E-state index contributed by atoms with van der Waals surface area (Å²) in [5.41, 5.74) is -2.93. The lowest BCUT2D eigenvalue weighted by Crippen LogP contribution is -2.50. The normalized spacial score (nSPS) is 20.2. The van der Waals surface area contributed by atoms with Crippen molar-refractivity contribution in [2.75, 3.05) is 5.32 Å². The highest BCUT2D eigenvalue weighted by molar-refractivity contribution is 6.05. The number of hydrogen-bond acceptors (Lipinski definition) is 3. The summed E-state index contributed by atoms with van der Waals surface area (Å²) >= 11 is 0. The minimum Gasteiger partial charge on any atom is -0.324 e. The molecular formula is C15H12F6N4O. The van der Waals surface area contributed by atoms with Gasteiger partial charge in [0.15, 0.2) is 5.69 Å². The van der Waals surface area contributed by atoms with Gasteiger partial charge < -0.3 is 5.32 Å². The van der Waals surface area contributed by atoms with Gasteiger partial charge in [0.05, 0.1) is 12.1 Å². The third-order valence-corrected chi connectivity index (χ3v) is 3.92. The molecule has 26 heavy (non-hydrogen) atoms. The van der Waals surface area contributed by atoms with Gasteiger partial charge in [0.25, 0.3) is 5.91 Å². The van der Waals surface area contributed by atoms with Crippen molar-refractivity contribution in [3.8, 4) is 0 Å². The summed E-state index contributed by atoms with van der Waals surface area (Å²) in [5.74, 6) is -0.952. The number of nitrogens with zero attached hydrogens (tertiary/aromatic N) is 2. The number of halogens is 6. The number of carbonyl (C=O) groups is 1. The fraction of sp³-hybridized carbons (Fsp3) is 0.400. The number of alkyl halides is 6. The van der Waals surface area contributed by atoms with Gasteiger partial charge >= 0.3 is 12.4 Å². The zero-order valence-corrected chi connectivity index (χ0v) is 13.2. The largest absolute Gasteiger partial charge is 0.431 e. The maximum absolute atomic E-state index is 13.0. The molecule has 0 aliphatic carbocycles. The second kappa shape index (κ2) is 6.51. The van der Waals surface area contributed by atoms with Crippen molar-refractivity contribution in [3.63, 3.8) is 0 Å². The molecule has 2 rings (SSSR count). The van der Waals surface area contributed by atoms with Gasteiger partial charge in [-0.1, -0.05) is 13.0 Å². The van der Waals surface area contributed by atoms with Crippen LogP contribution in [0.3, 0.4) is 0 Å². The average molecular weight is 378 g/mol. The van der Waals surface area contributed by atoms with Crippen LogP contribution in [0, 0.1) is 6.57 Å². The minimum absolute atomic E-state index is 0.0752. The van der Waals surface area contributed by atoms with E-state index in [0.29, 0.717) is 6.07 Å². The van der Waals surface area contributed by atoms with Gasteiger partial charge in [-0.3, -0.25) is 10.2 Å². The summed E-state index contributed by atoms with van der Waals surface area (Å²) in [6.07, 6.45) is -10.4. The number of benzene rings is 1. The van der Waals surface area contributed by atoms with Crippen molar-refractivity contribution in [2.45, 2.75) is 37.7 Å². The number of hydrazone groups is 1. The molecule has 0 fully saturated rings. The summed E-state index contributed by atoms with van der Waals surface area (Å²) < 4.78 is 77.1. The number of amides is 1. The van der Waals surface area contributed by atoms with Crippen molar-refractivity contribution in [1.29, 1.82) is 0 Å². The maximum atomic E-state index is 13.0. The van der Waals surface area contributed by atoms with E-state index < -0.39 is 47.2 Å². The lowest BCUT2D eigenvalue weighted by Gasteiger charge is -2.26. The topological polar surface area (TPSA) is 57.9 Å². The predicted molar refractivity (Wildman–Crippen MR) is 80.6 cm³/mol. The monoisotopic (exact) mass is 378 g/mol. The van der Waals surface area contributed by atoms with Crippen LogP contribution < -0.4 is 10.7 Å². The van der Waals surface area contributed by atoms with E-state index in [-0.39, 0.29) is 12.1 Å². The molecule has 1 heterocycles. The molecule has 2 N–H and O–H groups in total. The molecule has 11 heteroatoms. The molecule has 0 radical (unpaired) electrons. The third kappa shape index (κ3) is 3.74. The molecule has 1 atom stereocenters. The van der Waals surface area contributed by atoms with E-state index in [2.05, 4.69) is 20.7 Å². The summed E-state index contributed by atoms with van der Waals surface area (Å²) in [5, 5.41) is 5.31. The van der Waals surface area contributed by atoms with Crippen LogP contribution in [-0.2, 0) is 11.0 Å². The highest BCUT2D eigenvalue weighted by atomic mass is 19.4. The average Bonchev–Trinajstić information content (AvgIpc) is 3.00. The molecule has 1 unspecified atom stereocenters. The van der Waals surface area contributed by atoms with Gasteiger partial charge in [-0.25, -0.2) is 4.85 Å². The van der Waals surface area contributed by atoms with Gasteiger partial charge in [-0.05, 0) is 18.6 Å². The molecule has 1 aliphatic rings. The van der Waals surface area contributed by atoms with Crippen molar-refractivity contribution >= 4 is 23.0 Å². The molecule has 0 aromatic heterocycles. The molecular weight excluding hydrogens is 366 g/mol. The Bertz CT molecular complexity index is 793. The zero-order chi connectivity index (χ0) is 19.8. The Morgan fingerprint density at radius 3 is 2.42 bits per heavy atom. The Balaban J connectivity index is 2.26. The zero-order valence-electron chi connectivity index (χ0n) is 13.2. The SMILES string of the molecule is [C-]#[N+]c1ccc(NC(=O)C2(CC)CC(C(F)(F)F)=NN2)cc1C(F)(F)F. The van der Waals surface area contributed by atoms with Gasteiger partial charge in [-0.15, -0.1) is 0 Å². The smallest absolute Gasteiger partial charge is 0.324 e. The molecule has 140 valence electrons. The number of nitrogens with one attached hydrogen (secondary N) is 2. The Morgan fingerprint density at radius 1 is 1.31 bits per heavy atom. The molecule has 0 saturated carbocycles. The van der Waals surface area contributed by atoms with E-state index in [9.17, 15) is 31.1 Å². The fourth-order valence-corrected chi connectivity index (χ4v) is 2.39. The molecule has 1 aliphatic heterocycles. The van der Waals surface area contributed by atoms with E-state index in [0.717, 1.165) is 12.1 Å². The predicted octanol–water partition coefficient (Wildman–Crippen LogP) is 4.26. The number of carbonyl (C=O) groups excluding carboxylic acids is 1. The summed E-state index contributed by atoms with van der Waals surface area (Å²) in [6, 6.07) is 2.52. The molecule has 0 saturated heterocycles. The number of hydrogen-bond donors (Lipinski definition) is 2. The van der Waals surface area contributed by atoms with Crippen LogP contribution in [0.1, 0.15) is 25.3 Å². The molecule has 5 nitrogen and oxygen atoms in total.